The van der Waals surface area contributed by atoms with Gasteiger partial charge in [-0.1, -0.05) is 36.4 Å². The predicted molar refractivity (Wildman–Crippen MR) is 107 cm³/mol. The minimum Gasteiger partial charge on any atom is -0.496 e. The van der Waals surface area contributed by atoms with Crippen LogP contribution in [0, 0.1) is 11.3 Å². The number of hydrogen-bond donors (Lipinski definition) is 0. The summed E-state index contributed by atoms with van der Waals surface area (Å²) in [5, 5.41) is 9.03. The van der Waals surface area contributed by atoms with E-state index in [-0.39, 0.29) is 0 Å². The normalized spacial score (nSPS) is 10.9. The van der Waals surface area contributed by atoms with Crippen LogP contribution in [0.1, 0.15) is 12.5 Å². The Morgan fingerprint density at radius 3 is 1.96 bits per heavy atom. The number of ether oxygens (including phenoxy) is 1. The van der Waals surface area contributed by atoms with Crippen molar-refractivity contribution in [3.63, 3.8) is 0 Å². The van der Waals surface area contributed by atoms with Gasteiger partial charge >= 0.3 is 0 Å². The summed E-state index contributed by atoms with van der Waals surface area (Å²) in [6.45, 7) is 1.79. The van der Waals surface area contributed by atoms with Crippen LogP contribution in [0.25, 0.3) is 6.08 Å². The summed E-state index contributed by atoms with van der Waals surface area (Å²) in [7, 11) is 1.65. The summed E-state index contributed by atoms with van der Waals surface area (Å²) in [6.07, 6.45) is 1.83. The van der Waals surface area contributed by atoms with E-state index in [1.54, 1.807) is 14.0 Å². The zero-order valence-corrected chi connectivity index (χ0v) is 14.9. The second-order valence-electron chi connectivity index (χ2n) is 5.87. The Hall–Kier alpha value is -3.51. The first kappa shape index (κ1) is 17.3. The summed E-state index contributed by atoms with van der Waals surface area (Å²) in [5.74, 6) is 0.731. The molecule has 0 heterocycles. The molecule has 0 saturated carbocycles. The highest BCUT2D eigenvalue weighted by atomic mass is 16.5. The fraction of sp³-hybridized carbons (Fsp3) is 0.0870. The lowest BCUT2D eigenvalue weighted by molar-refractivity contribution is 0.414. The number of anilines is 3. The van der Waals surface area contributed by atoms with Crippen molar-refractivity contribution in [3.05, 3.63) is 90.0 Å². The molecular formula is C23H20N2O. The SMILES string of the molecule is COc1cc(N(c2ccccc2)c2ccccc2)ccc1/C=C(/C)C#N. The molecule has 0 aromatic heterocycles. The molecule has 0 saturated heterocycles. The number of methoxy groups -OCH3 is 1. The van der Waals surface area contributed by atoms with Crippen LogP contribution in [-0.4, -0.2) is 7.11 Å². The average molecular weight is 340 g/mol. The maximum Gasteiger partial charge on any atom is 0.128 e. The van der Waals surface area contributed by atoms with Gasteiger partial charge in [0.2, 0.25) is 0 Å². The van der Waals surface area contributed by atoms with E-state index in [1.165, 1.54) is 0 Å². The molecule has 0 amide bonds. The molecular weight excluding hydrogens is 320 g/mol. The Morgan fingerprint density at radius 1 is 0.885 bits per heavy atom. The predicted octanol–water partition coefficient (Wildman–Crippen LogP) is 6.09. The number of allylic oxidation sites excluding steroid dienone is 1. The van der Waals surface area contributed by atoms with Crippen molar-refractivity contribution in [2.24, 2.45) is 0 Å². The van der Waals surface area contributed by atoms with Crippen molar-refractivity contribution in [2.45, 2.75) is 6.92 Å². The molecule has 26 heavy (non-hydrogen) atoms. The quantitative estimate of drug-likeness (QED) is 0.527. The van der Waals surface area contributed by atoms with E-state index in [0.717, 1.165) is 28.4 Å². The van der Waals surface area contributed by atoms with Gasteiger partial charge in [0.1, 0.15) is 5.75 Å². The van der Waals surface area contributed by atoms with E-state index in [9.17, 15) is 0 Å². The Morgan fingerprint density at radius 2 is 1.46 bits per heavy atom. The summed E-state index contributed by atoms with van der Waals surface area (Å²) in [4.78, 5) is 2.17. The molecule has 0 radical (unpaired) electrons. The van der Waals surface area contributed by atoms with Crippen LogP contribution in [0.15, 0.2) is 84.4 Å². The van der Waals surface area contributed by atoms with Gasteiger partial charge < -0.3 is 9.64 Å². The van der Waals surface area contributed by atoms with E-state index < -0.39 is 0 Å². The minimum atomic E-state index is 0.638. The van der Waals surface area contributed by atoms with Crippen LogP contribution in [0.2, 0.25) is 0 Å². The maximum absolute atomic E-state index is 9.03. The molecule has 0 spiro atoms. The van der Waals surface area contributed by atoms with E-state index in [1.807, 2.05) is 60.7 Å². The highest BCUT2D eigenvalue weighted by Crippen LogP contribution is 2.37. The monoisotopic (exact) mass is 340 g/mol. The molecule has 0 bridgehead atoms. The smallest absolute Gasteiger partial charge is 0.128 e. The molecule has 0 atom stereocenters. The van der Waals surface area contributed by atoms with Gasteiger partial charge in [0.25, 0.3) is 0 Å². The second-order valence-corrected chi connectivity index (χ2v) is 5.87. The van der Waals surface area contributed by atoms with E-state index in [0.29, 0.717) is 5.57 Å². The van der Waals surface area contributed by atoms with Crippen LogP contribution in [-0.2, 0) is 0 Å². The maximum atomic E-state index is 9.03. The van der Waals surface area contributed by atoms with Crippen LogP contribution in [0.4, 0.5) is 17.1 Å². The van der Waals surface area contributed by atoms with Gasteiger partial charge in [-0.15, -0.1) is 0 Å². The molecule has 3 heteroatoms. The molecule has 0 aliphatic rings. The topological polar surface area (TPSA) is 36.3 Å². The van der Waals surface area contributed by atoms with Crippen LogP contribution in [0.5, 0.6) is 5.75 Å². The molecule has 3 aromatic carbocycles. The third kappa shape index (κ3) is 3.76. The zero-order valence-electron chi connectivity index (χ0n) is 14.9. The largest absolute Gasteiger partial charge is 0.496 e. The molecule has 3 aromatic rings. The summed E-state index contributed by atoms with van der Waals surface area (Å²) in [6, 6.07) is 28.6. The lowest BCUT2D eigenvalue weighted by Gasteiger charge is -2.26. The van der Waals surface area contributed by atoms with Crippen molar-refractivity contribution < 1.29 is 4.74 Å². The Balaban J connectivity index is 2.12. The minimum absolute atomic E-state index is 0.638. The molecule has 3 nitrogen and oxygen atoms in total. The van der Waals surface area contributed by atoms with Gasteiger partial charge in [0.05, 0.1) is 13.2 Å². The zero-order chi connectivity index (χ0) is 18.4. The molecule has 0 fully saturated rings. The number of hydrogen-bond acceptors (Lipinski definition) is 3. The van der Waals surface area contributed by atoms with E-state index in [2.05, 4.69) is 35.2 Å². The standard InChI is InChI=1S/C23H20N2O/c1-18(17-24)15-19-13-14-22(16-23(19)26-2)25(20-9-5-3-6-10-20)21-11-7-4-8-12-21/h3-16H,1-2H3/b18-15-. The number of para-hydroxylation sites is 2. The first-order valence-electron chi connectivity index (χ1n) is 8.39. The average Bonchev–Trinajstić information content (AvgIpc) is 2.70. The lowest BCUT2D eigenvalue weighted by Crippen LogP contribution is -2.10. The number of nitriles is 1. The number of rotatable bonds is 5. The third-order valence-electron chi connectivity index (χ3n) is 4.05. The molecule has 0 unspecified atom stereocenters. The van der Waals surface area contributed by atoms with Crippen molar-refractivity contribution in [3.8, 4) is 11.8 Å². The highest BCUT2D eigenvalue weighted by molar-refractivity contribution is 5.78. The summed E-state index contributed by atoms with van der Waals surface area (Å²) >= 11 is 0. The van der Waals surface area contributed by atoms with Gasteiger partial charge in [-0.25, -0.2) is 0 Å². The van der Waals surface area contributed by atoms with Gasteiger partial charge in [0.15, 0.2) is 0 Å². The highest BCUT2D eigenvalue weighted by Gasteiger charge is 2.13. The van der Waals surface area contributed by atoms with Crippen molar-refractivity contribution in [1.29, 1.82) is 5.26 Å². The van der Waals surface area contributed by atoms with E-state index >= 15 is 0 Å². The molecule has 0 aliphatic heterocycles. The number of nitrogens with zero attached hydrogens (tertiary/aromatic N) is 2. The van der Waals surface area contributed by atoms with Gasteiger partial charge in [-0.05, 0) is 49.4 Å². The van der Waals surface area contributed by atoms with Crippen molar-refractivity contribution in [1.82, 2.24) is 0 Å². The van der Waals surface area contributed by atoms with Crippen molar-refractivity contribution in [2.75, 3.05) is 12.0 Å². The van der Waals surface area contributed by atoms with Crippen LogP contribution < -0.4 is 9.64 Å². The molecule has 0 N–H and O–H groups in total. The Kier molecular flexibility index (Phi) is 5.36. The number of benzene rings is 3. The molecule has 128 valence electrons. The first-order chi connectivity index (χ1) is 12.7. The Bertz CT molecular complexity index is 901. The fourth-order valence-electron chi connectivity index (χ4n) is 2.83. The molecule has 3 rings (SSSR count). The molecule has 0 aliphatic carbocycles. The lowest BCUT2D eigenvalue weighted by atomic mass is 10.1. The van der Waals surface area contributed by atoms with Gasteiger partial charge in [-0.3, -0.25) is 0 Å². The van der Waals surface area contributed by atoms with Gasteiger partial charge in [0, 0.05) is 34.3 Å². The summed E-state index contributed by atoms with van der Waals surface area (Å²) in [5.41, 5.74) is 4.65. The van der Waals surface area contributed by atoms with Gasteiger partial charge in [-0.2, -0.15) is 5.26 Å². The second kappa shape index (κ2) is 8.04. The summed E-state index contributed by atoms with van der Waals surface area (Å²) < 4.78 is 5.57. The first-order valence-corrected chi connectivity index (χ1v) is 8.39. The van der Waals surface area contributed by atoms with E-state index in [4.69, 9.17) is 10.00 Å². The van der Waals surface area contributed by atoms with Crippen LogP contribution in [0.3, 0.4) is 0 Å². The van der Waals surface area contributed by atoms with Crippen molar-refractivity contribution >= 4 is 23.1 Å². The Labute approximate surface area is 154 Å². The van der Waals surface area contributed by atoms with Crippen LogP contribution >= 0.6 is 0 Å². The third-order valence-corrected chi connectivity index (χ3v) is 4.05. The fourth-order valence-corrected chi connectivity index (χ4v) is 2.83.